The Balaban J connectivity index is 1.91. The van der Waals surface area contributed by atoms with Crippen molar-refractivity contribution in [2.75, 3.05) is 19.6 Å². The minimum absolute atomic E-state index is 0.0498. The fourth-order valence-corrected chi connectivity index (χ4v) is 4.73. The van der Waals surface area contributed by atoms with Crippen LogP contribution in [0.4, 0.5) is 0 Å². The minimum atomic E-state index is -0.0539. The van der Waals surface area contributed by atoms with Gasteiger partial charge >= 0.3 is 0 Å². The summed E-state index contributed by atoms with van der Waals surface area (Å²) in [6.45, 7) is 6.02. The molecule has 0 bridgehead atoms. The fourth-order valence-electron chi connectivity index (χ4n) is 4.73. The molecule has 1 aliphatic heterocycles. The average Bonchev–Trinajstić information content (AvgIpc) is 2.73. The first-order valence-electron chi connectivity index (χ1n) is 11.4. The molecule has 1 saturated carbocycles. The Kier molecular flexibility index (Phi) is 7.96. The van der Waals surface area contributed by atoms with E-state index in [1.165, 1.54) is 0 Å². The number of amides is 2. The smallest absolute Gasteiger partial charge is 0.257 e. The molecule has 0 aromatic heterocycles. The van der Waals surface area contributed by atoms with Gasteiger partial charge in [-0.3, -0.25) is 9.59 Å². The molecule has 0 unspecified atom stereocenters. The van der Waals surface area contributed by atoms with Crippen LogP contribution in [0.15, 0.2) is 24.3 Å². The van der Waals surface area contributed by atoms with Crippen LogP contribution in [0.3, 0.4) is 0 Å². The maximum absolute atomic E-state index is 13.2. The van der Waals surface area contributed by atoms with Crippen molar-refractivity contribution < 1.29 is 14.3 Å². The van der Waals surface area contributed by atoms with Crippen molar-refractivity contribution in [3.8, 4) is 5.75 Å². The van der Waals surface area contributed by atoms with E-state index >= 15 is 0 Å². The van der Waals surface area contributed by atoms with Gasteiger partial charge in [-0.15, -0.1) is 0 Å². The van der Waals surface area contributed by atoms with Crippen LogP contribution in [0.25, 0.3) is 0 Å². The highest BCUT2D eigenvalue weighted by atomic mass is 16.5. The van der Waals surface area contributed by atoms with Crippen LogP contribution in [0.2, 0.25) is 0 Å². The van der Waals surface area contributed by atoms with E-state index in [4.69, 9.17) is 4.74 Å². The van der Waals surface area contributed by atoms with Crippen LogP contribution in [0, 0.1) is 0 Å². The van der Waals surface area contributed by atoms with E-state index in [1.54, 1.807) is 6.92 Å². The molecule has 2 amide bonds. The Morgan fingerprint density at radius 3 is 2.45 bits per heavy atom. The Morgan fingerprint density at radius 2 is 1.69 bits per heavy atom. The number of hydrogen-bond acceptors (Lipinski definition) is 3. The van der Waals surface area contributed by atoms with Crippen LogP contribution in [-0.4, -0.2) is 53.4 Å². The number of para-hydroxylation sites is 1. The largest absolute Gasteiger partial charge is 0.487 e. The second kappa shape index (κ2) is 10.7. The third kappa shape index (κ3) is 5.52. The first-order valence-corrected chi connectivity index (χ1v) is 11.4. The van der Waals surface area contributed by atoms with Crippen molar-refractivity contribution in [3.05, 3.63) is 29.8 Å². The van der Waals surface area contributed by atoms with E-state index in [9.17, 15) is 9.59 Å². The molecule has 1 fully saturated rings. The third-order valence-corrected chi connectivity index (χ3v) is 6.36. The van der Waals surface area contributed by atoms with E-state index < -0.39 is 0 Å². The fraction of sp³-hybridized carbons (Fsp3) is 0.667. The summed E-state index contributed by atoms with van der Waals surface area (Å²) in [6, 6.07) is 7.71. The van der Waals surface area contributed by atoms with Gasteiger partial charge in [-0.05, 0) is 51.2 Å². The quantitative estimate of drug-likeness (QED) is 0.689. The number of hydrogen-bond donors (Lipinski definition) is 0. The summed E-state index contributed by atoms with van der Waals surface area (Å²) >= 11 is 0. The van der Waals surface area contributed by atoms with Gasteiger partial charge in [0, 0.05) is 26.6 Å². The zero-order valence-corrected chi connectivity index (χ0v) is 18.1. The van der Waals surface area contributed by atoms with Gasteiger partial charge in [0.25, 0.3) is 5.91 Å². The SMILES string of the molecule is CCN1CCCCCCCN(C(C)=O)[C@@H]2CCCC[C@@H]2Oc2ccccc2C1=O. The van der Waals surface area contributed by atoms with Gasteiger partial charge in [0.2, 0.25) is 5.91 Å². The molecule has 5 heteroatoms. The number of ether oxygens (including phenoxy) is 1. The molecule has 1 aromatic carbocycles. The molecule has 0 N–H and O–H groups in total. The lowest BCUT2D eigenvalue weighted by Gasteiger charge is -2.39. The van der Waals surface area contributed by atoms with Crippen LogP contribution < -0.4 is 4.74 Å². The first-order chi connectivity index (χ1) is 14.1. The lowest BCUT2D eigenvalue weighted by molar-refractivity contribution is -0.134. The van der Waals surface area contributed by atoms with Gasteiger partial charge in [0.05, 0.1) is 11.6 Å². The topological polar surface area (TPSA) is 49.9 Å². The average molecular weight is 401 g/mol. The van der Waals surface area contributed by atoms with E-state index in [0.717, 1.165) is 70.9 Å². The molecule has 3 rings (SSSR count). The third-order valence-electron chi connectivity index (χ3n) is 6.36. The predicted molar refractivity (Wildman–Crippen MR) is 115 cm³/mol. The Labute approximate surface area is 175 Å². The highest BCUT2D eigenvalue weighted by Crippen LogP contribution is 2.30. The molecule has 0 saturated heterocycles. The van der Waals surface area contributed by atoms with Gasteiger partial charge in [-0.25, -0.2) is 0 Å². The molecular formula is C24H36N2O3. The summed E-state index contributed by atoms with van der Waals surface area (Å²) in [6.07, 6.45) is 9.52. The van der Waals surface area contributed by atoms with Crippen molar-refractivity contribution in [2.45, 2.75) is 83.8 Å². The highest BCUT2D eigenvalue weighted by Gasteiger charge is 2.34. The summed E-state index contributed by atoms with van der Waals surface area (Å²) in [4.78, 5) is 29.6. The normalized spacial score (nSPS) is 24.6. The second-order valence-electron chi connectivity index (χ2n) is 8.37. The van der Waals surface area contributed by atoms with Gasteiger partial charge in [-0.2, -0.15) is 0 Å². The number of fused-ring (bicyclic) bond motifs is 2. The first kappa shape index (κ1) is 21.7. The molecular weight excluding hydrogens is 364 g/mol. The molecule has 160 valence electrons. The summed E-state index contributed by atoms with van der Waals surface area (Å²) in [5.41, 5.74) is 0.642. The molecule has 29 heavy (non-hydrogen) atoms. The van der Waals surface area contributed by atoms with E-state index in [-0.39, 0.29) is 24.0 Å². The number of benzene rings is 1. The van der Waals surface area contributed by atoms with E-state index in [1.807, 2.05) is 41.0 Å². The van der Waals surface area contributed by atoms with Gasteiger partial charge in [-0.1, -0.05) is 37.8 Å². The van der Waals surface area contributed by atoms with Crippen LogP contribution in [0.1, 0.15) is 82.0 Å². The standard InChI is InChI=1S/C24H36N2O3/c1-3-25-17-11-5-4-6-12-18-26(19(2)27)21-14-8-10-16-23(21)29-22-15-9-7-13-20(22)24(25)28/h7,9,13,15,21,23H,3-6,8,10-12,14,16-18H2,1-2H3/t21-,23+/m1/s1. The lowest BCUT2D eigenvalue weighted by atomic mass is 9.90. The minimum Gasteiger partial charge on any atom is -0.487 e. The zero-order chi connectivity index (χ0) is 20.6. The van der Waals surface area contributed by atoms with Crippen molar-refractivity contribution in [1.82, 2.24) is 9.80 Å². The summed E-state index contributed by atoms with van der Waals surface area (Å²) in [5.74, 6) is 0.844. The molecule has 1 aliphatic carbocycles. The molecule has 1 heterocycles. The van der Waals surface area contributed by atoms with Crippen molar-refractivity contribution in [1.29, 1.82) is 0 Å². The van der Waals surface area contributed by atoms with E-state index in [2.05, 4.69) is 0 Å². The molecule has 2 atom stereocenters. The lowest BCUT2D eigenvalue weighted by Crippen LogP contribution is -2.50. The van der Waals surface area contributed by atoms with Crippen LogP contribution in [-0.2, 0) is 4.79 Å². The van der Waals surface area contributed by atoms with Gasteiger partial charge in [0.1, 0.15) is 11.9 Å². The van der Waals surface area contributed by atoms with Crippen LogP contribution >= 0.6 is 0 Å². The number of carbonyl (C=O) groups is 2. The molecule has 0 radical (unpaired) electrons. The zero-order valence-electron chi connectivity index (χ0n) is 18.1. The van der Waals surface area contributed by atoms with Gasteiger partial charge < -0.3 is 14.5 Å². The predicted octanol–water partition coefficient (Wildman–Crippen LogP) is 4.65. The van der Waals surface area contributed by atoms with E-state index in [0.29, 0.717) is 17.9 Å². The van der Waals surface area contributed by atoms with Crippen molar-refractivity contribution in [2.24, 2.45) is 0 Å². The van der Waals surface area contributed by atoms with Gasteiger partial charge in [0.15, 0.2) is 0 Å². The number of nitrogens with zero attached hydrogens (tertiary/aromatic N) is 2. The number of rotatable bonds is 1. The molecule has 1 aromatic rings. The monoisotopic (exact) mass is 400 g/mol. The molecule has 2 aliphatic rings. The Hall–Kier alpha value is -2.04. The van der Waals surface area contributed by atoms with Crippen LogP contribution in [0.5, 0.6) is 5.75 Å². The molecule has 5 nitrogen and oxygen atoms in total. The molecule has 0 spiro atoms. The summed E-state index contributed by atoms with van der Waals surface area (Å²) < 4.78 is 6.48. The summed E-state index contributed by atoms with van der Waals surface area (Å²) in [5, 5.41) is 0. The van der Waals surface area contributed by atoms with Crippen molar-refractivity contribution in [3.63, 3.8) is 0 Å². The number of carbonyl (C=O) groups excluding carboxylic acids is 2. The Morgan fingerprint density at radius 1 is 1.00 bits per heavy atom. The maximum atomic E-state index is 13.2. The highest BCUT2D eigenvalue weighted by molar-refractivity contribution is 5.97. The van der Waals surface area contributed by atoms with Crippen molar-refractivity contribution >= 4 is 11.8 Å². The second-order valence-corrected chi connectivity index (χ2v) is 8.37. The maximum Gasteiger partial charge on any atom is 0.257 e. The Bertz CT molecular complexity index is 690. The summed E-state index contributed by atoms with van der Waals surface area (Å²) in [7, 11) is 0.